The average molecular weight is 413 g/mol. The van der Waals surface area contributed by atoms with Gasteiger partial charge < -0.3 is 10.1 Å². The number of rotatable bonds is 8. The number of halogens is 3. The molecule has 0 heterocycles. The van der Waals surface area contributed by atoms with Crippen molar-refractivity contribution in [2.75, 3.05) is 13.2 Å². The topological polar surface area (TPSA) is 38.3 Å². The molecule has 1 N–H and O–H groups in total. The second-order valence-electron chi connectivity index (χ2n) is 6.80. The van der Waals surface area contributed by atoms with E-state index in [1.807, 2.05) is 60.7 Å². The molecule has 3 aromatic rings. The summed E-state index contributed by atoms with van der Waals surface area (Å²) in [7, 11) is 0. The Hall–Kier alpha value is -3.28. The number of carbonyl (C=O) groups is 1. The van der Waals surface area contributed by atoms with Gasteiger partial charge in [-0.05, 0) is 29.3 Å². The predicted molar refractivity (Wildman–Crippen MR) is 109 cm³/mol. The maximum atomic E-state index is 12.8. The van der Waals surface area contributed by atoms with Crippen LogP contribution in [0.2, 0.25) is 0 Å². The Morgan fingerprint density at radius 2 is 1.47 bits per heavy atom. The lowest BCUT2D eigenvalue weighted by atomic mass is 9.88. The van der Waals surface area contributed by atoms with Gasteiger partial charge in [0.15, 0.2) is 0 Å². The summed E-state index contributed by atoms with van der Waals surface area (Å²) in [5, 5.41) is 2.78. The summed E-state index contributed by atoms with van der Waals surface area (Å²) >= 11 is 0. The first kappa shape index (κ1) is 21.4. The first-order valence-corrected chi connectivity index (χ1v) is 9.60. The van der Waals surface area contributed by atoms with Crippen LogP contribution in [0, 0.1) is 0 Å². The van der Waals surface area contributed by atoms with Gasteiger partial charge in [-0.3, -0.25) is 4.79 Å². The van der Waals surface area contributed by atoms with Crippen LogP contribution in [0.25, 0.3) is 0 Å². The molecule has 6 heteroatoms. The molecular formula is C24H22F3NO2. The molecule has 3 rings (SSSR count). The standard InChI is InChI=1S/C24H22F3NO2/c25-24(26,27)20-12-7-13-21(16-20)30-15-14-28-23(29)17-22(18-8-3-1-4-9-18)19-10-5-2-6-11-19/h1-13,16,22H,14-15,17H2,(H,28,29). The van der Waals surface area contributed by atoms with Crippen LogP contribution in [0.4, 0.5) is 13.2 Å². The summed E-state index contributed by atoms with van der Waals surface area (Å²) in [5.74, 6) is -0.123. The number of nitrogens with one attached hydrogen (secondary N) is 1. The smallest absolute Gasteiger partial charge is 0.416 e. The zero-order chi connectivity index (χ0) is 21.4. The Bertz CT molecular complexity index is 904. The normalized spacial score (nSPS) is 11.3. The van der Waals surface area contributed by atoms with E-state index in [0.717, 1.165) is 23.3 Å². The molecule has 0 saturated heterocycles. The minimum Gasteiger partial charge on any atom is -0.492 e. The first-order valence-electron chi connectivity index (χ1n) is 9.60. The molecule has 0 aliphatic heterocycles. The van der Waals surface area contributed by atoms with Crippen LogP contribution >= 0.6 is 0 Å². The van der Waals surface area contributed by atoms with Crippen molar-refractivity contribution >= 4 is 5.91 Å². The van der Waals surface area contributed by atoms with Crippen LogP contribution < -0.4 is 10.1 Å². The summed E-state index contributed by atoms with van der Waals surface area (Å²) in [6, 6.07) is 24.2. The number of alkyl halides is 3. The highest BCUT2D eigenvalue weighted by Gasteiger charge is 2.30. The van der Waals surface area contributed by atoms with Crippen molar-refractivity contribution in [2.24, 2.45) is 0 Å². The average Bonchev–Trinajstić information content (AvgIpc) is 2.76. The van der Waals surface area contributed by atoms with Crippen molar-refractivity contribution < 1.29 is 22.7 Å². The molecule has 0 saturated carbocycles. The van der Waals surface area contributed by atoms with Gasteiger partial charge in [0.1, 0.15) is 12.4 Å². The molecule has 0 radical (unpaired) electrons. The Kier molecular flexibility index (Phi) is 7.12. The van der Waals surface area contributed by atoms with Gasteiger partial charge in [0, 0.05) is 12.3 Å². The number of amides is 1. The lowest BCUT2D eigenvalue weighted by Gasteiger charge is -2.18. The highest BCUT2D eigenvalue weighted by molar-refractivity contribution is 5.77. The maximum Gasteiger partial charge on any atom is 0.416 e. The number of hydrogen-bond donors (Lipinski definition) is 1. The fourth-order valence-electron chi connectivity index (χ4n) is 3.18. The summed E-state index contributed by atoms with van der Waals surface area (Å²) in [6.45, 7) is 0.278. The molecule has 0 unspecified atom stereocenters. The SMILES string of the molecule is O=C(CC(c1ccccc1)c1ccccc1)NCCOc1cccc(C(F)(F)F)c1. The second-order valence-corrected chi connectivity index (χ2v) is 6.80. The van der Waals surface area contributed by atoms with Crippen LogP contribution in [0.5, 0.6) is 5.75 Å². The van der Waals surface area contributed by atoms with E-state index < -0.39 is 11.7 Å². The Morgan fingerprint density at radius 1 is 0.867 bits per heavy atom. The third-order valence-electron chi connectivity index (χ3n) is 4.65. The number of hydrogen-bond acceptors (Lipinski definition) is 2. The molecule has 156 valence electrons. The van der Waals surface area contributed by atoms with E-state index in [-0.39, 0.29) is 37.1 Å². The van der Waals surface area contributed by atoms with Gasteiger partial charge in [-0.15, -0.1) is 0 Å². The van der Waals surface area contributed by atoms with E-state index in [1.54, 1.807) is 0 Å². The van der Waals surface area contributed by atoms with Gasteiger partial charge in [0.2, 0.25) is 5.91 Å². The van der Waals surface area contributed by atoms with Gasteiger partial charge in [0.05, 0.1) is 12.1 Å². The van der Waals surface area contributed by atoms with Crippen molar-refractivity contribution in [3.63, 3.8) is 0 Å². The number of ether oxygens (including phenoxy) is 1. The van der Waals surface area contributed by atoms with E-state index in [1.165, 1.54) is 12.1 Å². The van der Waals surface area contributed by atoms with E-state index in [0.29, 0.717) is 0 Å². The molecular weight excluding hydrogens is 391 g/mol. The Morgan fingerprint density at radius 3 is 2.03 bits per heavy atom. The lowest BCUT2D eigenvalue weighted by Crippen LogP contribution is -2.29. The number of carbonyl (C=O) groups excluding carboxylic acids is 1. The predicted octanol–water partition coefficient (Wildman–Crippen LogP) is 5.42. The molecule has 0 aromatic heterocycles. The summed E-state index contributed by atoms with van der Waals surface area (Å²) in [4.78, 5) is 12.5. The van der Waals surface area contributed by atoms with E-state index >= 15 is 0 Å². The molecule has 0 aliphatic rings. The highest BCUT2D eigenvalue weighted by Crippen LogP contribution is 2.31. The Balaban J connectivity index is 1.54. The summed E-state index contributed by atoms with van der Waals surface area (Å²) in [5.41, 5.74) is 1.32. The van der Waals surface area contributed by atoms with Crippen LogP contribution in [-0.4, -0.2) is 19.1 Å². The molecule has 0 atom stereocenters. The van der Waals surface area contributed by atoms with E-state index in [4.69, 9.17) is 4.74 Å². The maximum absolute atomic E-state index is 12.8. The quantitative estimate of drug-likeness (QED) is 0.501. The van der Waals surface area contributed by atoms with Crippen LogP contribution in [0.15, 0.2) is 84.9 Å². The van der Waals surface area contributed by atoms with Crippen molar-refractivity contribution in [3.8, 4) is 5.75 Å². The molecule has 0 aliphatic carbocycles. The van der Waals surface area contributed by atoms with Gasteiger partial charge in [-0.2, -0.15) is 13.2 Å². The molecule has 1 amide bonds. The van der Waals surface area contributed by atoms with E-state index in [2.05, 4.69) is 5.32 Å². The second kappa shape index (κ2) is 9.96. The van der Waals surface area contributed by atoms with Gasteiger partial charge in [-0.1, -0.05) is 66.7 Å². The fourth-order valence-corrected chi connectivity index (χ4v) is 3.18. The van der Waals surface area contributed by atoms with Gasteiger partial charge >= 0.3 is 6.18 Å². The van der Waals surface area contributed by atoms with Crippen molar-refractivity contribution in [1.29, 1.82) is 0 Å². The minimum atomic E-state index is -4.42. The van der Waals surface area contributed by atoms with Crippen LogP contribution in [-0.2, 0) is 11.0 Å². The number of benzene rings is 3. The van der Waals surface area contributed by atoms with Crippen molar-refractivity contribution in [3.05, 3.63) is 102 Å². The molecule has 0 bridgehead atoms. The van der Waals surface area contributed by atoms with Gasteiger partial charge in [0.25, 0.3) is 0 Å². The van der Waals surface area contributed by atoms with Crippen LogP contribution in [0.3, 0.4) is 0 Å². The third kappa shape index (κ3) is 6.11. The molecule has 0 spiro atoms. The van der Waals surface area contributed by atoms with Crippen LogP contribution in [0.1, 0.15) is 29.0 Å². The molecule has 3 aromatic carbocycles. The summed E-state index contributed by atoms with van der Waals surface area (Å²) in [6.07, 6.45) is -4.16. The monoisotopic (exact) mass is 413 g/mol. The molecule has 0 fully saturated rings. The zero-order valence-electron chi connectivity index (χ0n) is 16.2. The largest absolute Gasteiger partial charge is 0.492 e. The lowest BCUT2D eigenvalue weighted by molar-refractivity contribution is -0.137. The van der Waals surface area contributed by atoms with E-state index in [9.17, 15) is 18.0 Å². The fraction of sp³-hybridized carbons (Fsp3) is 0.208. The van der Waals surface area contributed by atoms with Crippen molar-refractivity contribution in [2.45, 2.75) is 18.5 Å². The molecule has 30 heavy (non-hydrogen) atoms. The highest BCUT2D eigenvalue weighted by atomic mass is 19.4. The zero-order valence-corrected chi connectivity index (χ0v) is 16.2. The first-order chi connectivity index (χ1) is 14.4. The van der Waals surface area contributed by atoms with Crippen molar-refractivity contribution in [1.82, 2.24) is 5.32 Å². The Labute approximate surface area is 173 Å². The third-order valence-corrected chi connectivity index (χ3v) is 4.65. The molecule has 3 nitrogen and oxygen atoms in total. The summed E-state index contributed by atoms with van der Waals surface area (Å²) < 4.78 is 43.6. The minimum absolute atomic E-state index is 0.0778. The van der Waals surface area contributed by atoms with Gasteiger partial charge in [-0.25, -0.2) is 0 Å².